The number of likely N-dealkylation sites (tertiary alicyclic amines) is 1. The minimum absolute atomic E-state index is 0.00792. The van der Waals surface area contributed by atoms with Gasteiger partial charge in [-0.25, -0.2) is 8.42 Å². The van der Waals surface area contributed by atoms with E-state index in [9.17, 15) is 26.4 Å². The second kappa shape index (κ2) is 5.36. The quantitative estimate of drug-likeness (QED) is 0.728. The van der Waals surface area contributed by atoms with Crippen molar-refractivity contribution >= 4 is 25.6 Å². The molecule has 9 heteroatoms. The Morgan fingerprint density at radius 2 is 1.70 bits per heavy atom. The molecule has 2 rings (SSSR count). The molecule has 2 aliphatic rings. The fourth-order valence-corrected chi connectivity index (χ4v) is 3.99. The lowest BCUT2D eigenvalue weighted by Gasteiger charge is -2.35. The molecular formula is C11H15ClF3NO3S. The molecule has 0 aromatic heterocycles. The molecule has 0 N–H and O–H groups in total. The molecule has 1 saturated heterocycles. The van der Waals surface area contributed by atoms with E-state index < -0.39 is 26.4 Å². The smallest absolute Gasteiger partial charge is 0.338 e. The predicted octanol–water partition coefficient (Wildman–Crippen LogP) is 2.28. The maximum Gasteiger partial charge on any atom is 0.391 e. The van der Waals surface area contributed by atoms with E-state index in [1.807, 2.05) is 0 Å². The van der Waals surface area contributed by atoms with Gasteiger partial charge in [0.25, 0.3) is 0 Å². The zero-order valence-corrected chi connectivity index (χ0v) is 12.1. The molecule has 1 unspecified atom stereocenters. The Hall–Kier alpha value is -0.500. The van der Waals surface area contributed by atoms with Crippen molar-refractivity contribution in [2.45, 2.75) is 49.6 Å². The molecule has 1 aliphatic carbocycles. The molecule has 1 amide bonds. The molecule has 4 nitrogen and oxygen atoms in total. The van der Waals surface area contributed by atoms with E-state index in [4.69, 9.17) is 10.7 Å². The Morgan fingerprint density at radius 1 is 1.15 bits per heavy atom. The van der Waals surface area contributed by atoms with Crippen LogP contribution in [0.15, 0.2) is 0 Å². The Bertz CT molecular complexity index is 486. The molecular weight excluding hydrogens is 319 g/mol. The van der Waals surface area contributed by atoms with E-state index in [-0.39, 0.29) is 50.6 Å². The van der Waals surface area contributed by atoms with Gasteiger partial charge in [-0.3, -0.25) is 4.79 Å². The van der Waals surface area contributed by atoms with Crippen molar-refractivity contribution in [2.75, 3.05) is 6.54 Å². The highest BCUT2D eigenvalue weighted by Crippen LogP contribution is 2.39. The average Bonchev–Trinajstić information content (AvgIpc) is 2.70. The largest absolute Gasteiger partial charge is 0.391 e. The van der Waals surface area contributed by atoms with Crippen LogP contribution in [0.2, 0.25) is 0 Å². The summed E-state index contributed by atoms with van der Waals surface area (Å²) in [5.41, 5.74) is 0. The summed E-state index contributed by atoms with van der Waals surface area (Å²) in [4.78, 5) is 13.2. The lowest BCUT2D eigenvalue weighted by atomic mass is 9.85. The highest BCUT2D eigenvalue weighted by Gasteiger charge is 2.45. The topological polar surface area (TPSA) is 54.5 Å². The van der Waals surface area contributed by atoms with Gasteiger partial charge >= 0.3 is 6.18 Å². The Kier molecular flexibility index (Phi) is 4.26. The summed E-state index contributed by atoms with van der Waals surface area (Å²) in [7, 11) is 1.43. The number of hydrogen-bond donors (Lipinski definition) is 0. The summed E-state index contributed by atoms with van der Waals surface area (Å²) in [5, 5.41) is -0.947. The Labute approximate surface area is 119 Å². The van der Waals surface area contributed by atoms with Crippen molar-refractivity contribution in [3.8, 4) is 0 Å². The maximum absolute atomic E-state index is 12.6. The van der Waals surface area contributed by atoms with Gasteiger partial charge in [-0.1, -0.05) is 0 Å². The molecule has 0 spiro atoms. The number of carbonyl (C=O) groups is 1. The van der Waals surface area contributed by atoms with E-state index in [1.54, 1.807) is 0 Å². The summed E-state index contributed by atoms with van der Waals surface area (Å²) in [6.45, 7) is -0.00792. The van der Waals surface area contributed by atoms with Crippen LogP contribution in [0.5, 0.6) is 0 Å². The normalized spacial score (nSPS) is 32.7. The molecule has 0 bridgehead atoms. The van der Waals surface area contributed by atoms with Crippen LogP contribution in [-0.4, -0.2) is 43.2 Å². The molecule has 0 radical (unpaired) electrons. The van der Waals surface area contributed by atoms with Crippen LogP contribution in [-0.2, 0) is 13.8 Å². The van der Waals surface area contributed by atoms with Crippen molar-refractivity contribution in [3.63, 3.8) is 0 Å². The SMILES string of the molecule is O=C1CC(S(=O)(=O)Cl)CN1C1CCC(C(F)(F)F)CC1. The monoisotopic (exact) mass is 333 g/mol. The lowest BCUT2D eigenvalue weighted by Crippen LogP contribution is -2.41. The molecule has 1 aliphatic heterocycles. The molecule has 2 fully saturated rings. The summed E-state index contributed by atoms with van der Waals surface area (Å²) in [6.07, 6.45) is -3.89. The third-order valence-electron chi connectivity index (χ3n) is 4.12. The predicted molar refractivity (Wildman–Crippen MR) is 66.7 cm³/mol. The third kappa shape index (κ3) is 3.39. The summed E-state index contributed by atoms with van der Waals surface area (Å²) in [6, 6.07) is -0.301. The number of hydrogen-bond acceptors (Lipinski definition) is 3. The zero-order chi connectivity index (χ0) is 15.1. The van der Waals surface area contributed by atoms with E-state index in [2.05, 4.69) is 0 Å². The number of alkyl halides is 3. The van der Waals surface area contributed by atoms with Gasteiger partial charge in [-0.05, 0) is 25.7 Å². The van der Waals surface area contributed by atoms with Gasteiger partial charge in [0.2, 0.25) is 15.0 Å². The highest BCUT2D eigenvalue weighted by atomic mass is 35.7. The molecule has 20 heavy (non-hydrogen) atoms. The first-order valence-corrected chi connectivity index (χ1v) is 8.76. The first kappa shape index (κ1) is 15.9. The van der Waals surface area contributed by atoms with Crippen LogP contribution in [0, 0.1) is 5.92 Å². The average molecular weight is 334 g/mol. The zero-order valence-electron chi connectivity index (χ0n) is 10.6. The van der Waals surface area contributed by atoms with Gasteiger partial charge in [0.1, 0.15) is 5.25 Å². The van der Waals surface area contributed by atoms with Crippen LogP contribution < -0.4 is 0 Å². The second-order valence-corrected chi connectivity index (χ2v) is 8.30. The maximum atomic E-state index is 12.6. The van der Waals surface area contributed by atoms with Gasteiger partial charge in [-0.2, -0.15) is 13.2 Å². The number of nitrogens with zero attached hydrogens (tertiary/aromatic N) is 1. The second-order valence-electron chi connectivity index (χ2n) is 5.39. The van der Waals surface area contributed by atoms with Crippen molar-refractivity contribution in [3.05, 3.63) is 0 Å². The minimum atomic E-state index is -4.19. The first-order valence-electron chi connectivity index (χ1n) is 6.38. The van der Waals surface area contributed by atoms with E-state index >= 15 is 0 Å². The molecule has 0 aromatic rings. The highest BCUT2D eigenvalue weighted by molar-refractivity contribution is 8.14. The van der Waals surface area contributed by atoms with Crippen LogP contribution in [0.25, 0.3) is 0 Å². The number of carbonyl (C=O) groups excluding carboxylic acids is 1. The Balaban J connectivity index is 1.96. The van der Waals surface area contributed by atoms with Crippen LogP contribution >= 0.6 is 10.7 Å². The summed E-state index contributed by atoms with van der Waals surface area (Å²) >= 11 is 0. The molecule has 0 aromatic carbocycles. The summed E-state index contributed by atoms with van der Waals surface area (Å²) in [5.74, 6) is -1.65. The Morgan fingerprint density at radius 3 is 2.10 bits per heavy atom. The van der Waals surface area contributed by atoms with E-state index in [0.717, 1.165) is 0 Å². The van der Waals surface area contributed by atoms with Crippen molar-refractivity contribution < 1.29 is 26.4 Å². The van der Waals surface area contributed by atoms with Crippen LogP contribution in [0.4, 0.5) is 13.2 Å². The van der Waals surface area contributed by atoms with Crippen LogP contribution in [0.3, 0.4) is 0 Å². The standard InChI is InChI=1S/C11H15ClF3NO3S/c12-20(18,19)9-5-10(17)16(6-9)8-3-1-7(2-4-8)11(13,14)15/h7-9H,1-6H2. The lowest BCUT2D eigenvalue weighted by molar-refractivity contribution is -0.184. The molecule has 1 saturated carbocycles. The molecule has 116 valence electrons. The summed E-state index contributed by atoms with van der Waals surface area (Å²) < 4.78 is 60.1. The fraction of sp³-hybridized carbons (Fsp3) is 0.909. The molecule has 1 heterocycles. The number of halogens is 4. The van der Waals surface area contributed by atoms with Crippen molar-refractivity contribution in [2.24, 2.45) is 5.92 Å². The fourth-order valence-electron chi connectivity index (χ4n) is 2.95. The number of rotatable bonds is 2. The van der Waals surface area contributed by atoms with Gasteiger partial charge < -0.3 is 4.90 Å². The number of amides is 1. The third-order valence-corrected chi connectivity index (χ3v) is 5.99. The van der Waals surface area contributed by atoms with Crippen LogP contribution in [0.1, 0.15) is 32.1 Å². The molecule has 1 atom stereocenters. The first-order chi connectivity index (χ1) is 9.09. The van der Waals surface area contributed by atoms with Gasteiger partial charge in [-0.15, -0.1) is 0 Å². The minimum Gasteiger partial charge on any atom is -0.338 e. The van der Waals surface area contributed by atoms with Gasteiger partial charge in [0, 0.05) is 29.7 Å². The van der Waals surface area contributed by atoms with Crippen molar-refractivity contribution in [1.29, 1.82) is 0 Å². The van der Waals surface area contributed by atoms with Gasteiger partial charge in [0.05, 0.1) is 5.92 Å². The van der Waals surface area contributed by atoms with E-state index in [0.29, 0.717) is 0 Å². The van der Waals surface area contributed by atoms with Crippen molar-refractivity contribution in [1.82, 2.24) is 4.90 Å². The van der Waals surface area contributed by atoms with E-state index in [1.165, 1.54) is 4.90 Å². The van der Waals surface area contributed by atoms with Gasteiger partial charge in [0.15, 0.2) is 0 Å².